The number of aromatic nitrogens is 4. The SMILES string of the molecule is Cc1cc(Cn2nc(C)c(C(C)O)c2C)n(C)n1. The average molecular weight is 248 g/mol. The minimum absolute atomic E-state index is 0.480. The van der Waals surface area contributed by atoms with E-state index in [1.54, 1.807) is 6.92 Å². The second-order valence-electron chi connectivity index (χ2n) is 4.82. The highest BCUT2D eigenvalue weighted by atomic mass is 16.3. The zero-order valence-corrected chi connectivity index (χ0v) is 11.6. The standard InChI is InChI=1S/C13H20N4O/c1-8-6-12(16(5)14-8)7-17-10(3)13(11(4)18)9(2)15-17/h6,11,18H,7H2,1-5H3. The fourth-order valence-electron chi connectivity index (χ4n) is 2.43. The van der Waals surface area contributed by atoms with Crippen molar-refractivity contribution in [1.29, 1.82) is 0 Å². The van der Waals surface area contributed by atoms with Gasteiger partial charge in [-0.2, -0.15) is 10.2 Å². The highest BCUT2D eigenvalue weighted by molar-refractivity contribution is 5.27. The Bertz CT molecular complexity index is 566. The Hall–Kier alpha value is -1.62. The topological polar surface area (TPSA) is 55.9 Å². The summed E-state index contributed by atoms with van der Waals surface area (Å²) in [6.45, 7) is 8.35. The molecule has 1 N–H and O–H groups in total. The van der Waals surface area contributed by atoms with Gasteiger partial charge in [-0.25, -0.2) is 0 Å². The molecule has 18 heavy (non-hydrogen) atoms. The molecule has 98 valence electrons. The van der Waals surface area contributed by atoms with E-state index in [9.17, 15) is 5.11 Å². The van der Waals surface area contributed by atoms with E-state index in [0.29, 0.717) is 6.54 Å². The van der Waals surface area contributed by atoms with Gasteiger partial charge in [0.25, 0.3) is 0 Å². The van der Waals surface area contributed by atoms with Crippen LogP contribution in [0, 0.1) is 20.8 Å². The van der Waals surface area contributed by atoms with Crippen LogP contribution in [-0.2, 0) is 13.6 Å². The van der Waals surface area contributed by atoms with Gasteiger partial charge in [0.05, 0.1) is 29.7 Å². The quantitative estimate of drug-likeness (QED) is 0.898. The predicted molar refractivity (Wildman–Crippen MR) is 69.4 cm³/mol. The lowest BCUT2D eigenvalue weighted by molar-refractivity contribution is 0.197. The first-order valence-corrected chi connectivity index (χ1v) is 6.11. The number of aryl methyl sites for hydroxylation is 3. The van der Waals surface area contributed by atoms with Gasteiger partial charge in [0, 0.05) is 18.3 Å². The predicted octanol–water partition coefficient (Wildman–Crippen LogP) is 1.64. The van der Waals surface area contributed by atoms with Crippen LogP contribution in [0.15, 0.2) is 6.07 Å². The largest absolute Gasteiger partial charge is 0.389 e. The maximum absolute atomic E-state index is 9.75. The maximum atomic E-state index is 9.75. The monoisotopic (exact) mass is 248 g/mol. The fourth-order valence-corrected chi connectivity index (χ4v) is 2.43. The summed E-state index contributed by atoms with van der Waals surface area (Å²) in [4.78, 5) is 0. The van der Waals surface area contributed by atoms with Crippen molar-refractivity contribution in [2.45, 2.75) is 40.3 Å². The van der Waals surface area contributed by atoms with Crippen molar-refractivity contribution in [1.82, 2.24) is 19.6 Å². The molecule has 0 radical (unpaired) electrons. The van der Waals surface area contributed by atoms with Crippen molar-refractivity contribution in [3.8, 4) is 0 Å². The van der Waals surface area contributed by atoms with Crippen LogP contribution in [0.4, 0.5) is 0 Å². The third-order valence-corrected chi connectivity index (χ3v) is 3.27. The summed E-state index contributed by atoms with van der Waals surface area (Å²) in [6.07, 6.45) is -0.480. The van der Waals surface area contributed by atoms with Crippen LogP contribution in [0.1, 0.15) is 41.4 Å². The van der Waals surface area contributed by atoms with Crippen molar-refractivity contribution in [3.05, 3.63) is 34.4 Å². The average Bonchev–Trinajstić information content (AvgIpc) is 2.69. The molecule has 0 saturated heterocycles. The molecule has 0 bridgehead atoms. The van der Waals surface area contributed by atoms with E-state index in [4.69, 9.17) is 0 Å². The number of hydrogen-bond acceptors (Lipinski definition) is 3. The highest BCUT2D eigenvalue weighted by Crippen LogP contribution is 2.21. The van der Waals surface area contributed by atoms with Crippen molar-refractivity contribution in [2.24, 2.45) is 7.05 Å². The second-order valence-corrected chi connectivity index (χ2v) is 4.82. The molecule has 2 aromatic heterocycles. The van der Waals surface area contributed by atoms with E-state index < -0.39 is 6.10 Å². The fraction of sp³-hybridized carbons (Fsp3) is 0.538. The molecule has 0 fully saturated rings. The molecule has 1 unspecified atom stereocenters. The van der Waals surface area contributed by atoms with Gasteiger partial charge in [-0.05, 0) is 33.8 Å². The van der Waals surface area contributed by atoms with Crippen LogP contribution < -0.4 is 0 Å². The Balaban J connectivity index is 2.36. The van der Waals surface area contributed by atoms with Crippen LogP contribution in [0.5, 0.6) is 0 Å². The first kappa shape index (κ1) is 12.8. The molecule has 0 amide bonds. The van der Waals surface area contributed by atoms with E-state index in [0.717, 1.165) is 28.3 Å². The summed E-state index contributed by atoms with van der Waals surface area (Å²) in [6, 6.07) is 2.05. The van der Waals surface area contributed by atoms with Crippen molar-refractivity contribution in [2.75, 3.05) is 0 Å². The zero-order valence-electron chi connectivity index (χ0n) is 11.6. The molecule has 0 aliphatic carbocycles. The molecule has 5 nitrogen and oxygen atoms in total. The maximum Gasteiger partial charge on any atom is 0.0831 e. The first-order valence-electron chi connectivity index (χ1n) is 6.11. The summed E-state index contributed by atoms with van der Waals surface area (Å²) >= 11 is 0. The zero-order chi connectivity index (χ0) is 13.4. The van der Waals surface area contributed by atoms with Crippen molar-refractivity contribution < 1.29 is 5.11 Å². The molecular formula is C13H20N4O. The van der Waals surface area contributed by atoms with Gasteiger partial charge >= 0.3 is 0 Å². The summed E-state index contributed by atoms with van der Waals surface area (Å²) in [5.74, 6) is 0. The van der Waals surface area contributed by atoms with Crippen molar-refractivity contribution in [3.63, 3.8) is 0 Å². The van der Waals surface area contributed by atoms with Gasteiger partial charge in [0.2, 0.25) is 0 Å². The van der Waals surface area contributed by atoms with Crippen LogP contribution in [0.25, 0.3) is 0 Å². The van der Waals surface area contributed by atoms with Gasteiger partial charge < -0.3 is 5.11 Å². The Morgan fingerprint density at radius 3 is 2.39 bits per heavy atom. The lowest BCUT2D eigenvalue weighted by Gasteiger charge is -2.07. The molecule has 2 rings (SSSR count). The van der Waals surface area contributed by atoms with Crippen LogP contribution in [0.3, 0.4) is 0 Å². The number of nitrogens with zero attached hydrogens (tertiary/aromatic N) is 4. The molecule has 0 spiro atoms. The smallest absolute Gasteiger partial charge is 0.0831 e. The van der Waals surface area contributed by atoms with Gasteiger partial charge in [0.1, 0.15) is 0 Å². The molecule has 1 atom stereocenters. The molecule has 0 aliphatic heterocycles. The number of hydrogen-bond donors (Lipinski definition) is 1. The second kappa shape index (κ2) is 4.57. The lowest BCUT2D eigenvalue weighted by atomic mass is 10.1. The summed E-state index contributed by atoms with van der Waals surface area (Å²) in [5.41, 5.74) is 4.94. The number of aliphatic hydroxyl groups is 1. The van der Waals surface area contributed by atoms with E-state index in [1.165, 1.54) is 0 Å². The van der Waals surface area contributed by atoms with Crippen LogP contribution in [-0.4, -0.2) is 24.7 Å². The Morgan fingerprint density at radius 2 is 1.94 bits per heavy atom. The molecule has 0 aromatic carbocycles. The minimum Gasteiger partial charge on any atom is -0.389 e. The van der Waals surface area contributed by atoms with E-state index in [2.05, 4.69) is 16.3 Å². The van der Waals surface area contributed by atoms with Crippen LogP contribution in [0.2, 0.25) is 0 Å². The van der Waals surface area contributed by atoms with Gasteiger partial charge in [0.15, 0.2) is 0 Å². The Labute approximate surface area is 107 Å². The first-order chi connectivity index (χ1) is 8.40. The molecule has 0 aliphatic rings. The molecular weight excluding hydrogens is 228 g/mol. The number of aliphatic hydroxyl groups excluding tert-OH is 1. The molecule has 0 saturated carbocycles. The van der Waals surface area contributed by atoms with Gasteiger partial charge in [-0.15, -0.1) is 0 Å². The molecule has 5 heteroatoms. The minimum atomic E-state index is -0.480. The Kier molecular flexibility index (Phi) is 3.26. The van der Waals surface area contributed by atoms with Crippen molar-refractivity contribution >= 4 is 0 Å². The van der Waals surface area contributed by atoms with E-state index >= 15 is 0 Å². The van der Waals surface area contributed by atoms with E-state index in [1.807, 2.05) is 37.2 Å². The third-order valence-electron chi connectivity index (χ3n) is 3.27. The van der Waals surface area contributed by atoms with Crippen LogP contribution >= 0.6 is 0 Å². The summed E-state index contributed by atoms with van der Waals surface area (Å²) in [5, 5.41) is 18.6. The molecule has 2 heterocycles. The number of rotatable bonds is 3. The lowest BCUT2D eigenvalue weighted by Crippen LogP contribution is -2.08. The molecule has 2 aromatic rings. The van der Waals surface area contributed by atoms with E-state index in [-0.39, 0.29) is 0 Å². The third kappa shape index (κ3) is 2.18. The summed E-state index contributed by atoms with van der Waals surface area (Å²) in [7, 11) is 1.93. The Morgan fingerprint density at radius 1 is 1.28 bits per heavy atom. The summed E-state index contributed by atoms with van der Waals surface area (Å²) < 4.78 is 3.79. The van der Waals surface area contributed by atoms with Gasteiger partial charge in [-0.3, -0.25) is 9.36 Å². The normalized spacial score (nSPS) is 13.0. The van der Waals surface area contributed by atoms with Gasteiger partial charge in [-0.1, -0.05) is 0 Å². The highest BCUT2D eigenvalue weighted by Gasteiger charge is 2.16.